The summed E-state index contributed by atoms with van der Waals surface area (Å²) in [6.45, 7) is 2.17. The Kier molecular flexibility index (Phi) is 5.21. The van der Waals surface area contributed by atoms with Gasteiger partial charge in [0.05, 0.1) is 17.7 Å². The maximum Gasteiger partial charge on any atom is 0.410 e. The number of alkyl halides is 3. The Morgan fingerprint density at radius 1 is 1.23 bits per heavy atom. The molecule has 1 aromatic heterocycles. The van der Waals surface area contributed by atoms with E-state index in [9.17, 15) is 21.6 Å². The smallest absolute Gasteiger partial charge is 0.410 e. The van der Waals surface area contributed by atoms with Gasteiger partial charge in [-0.25, -0.2) is 13.1 Å². The lowest BCUT2D eigenvalue weighted by Crippen LogP contribution is -2.37. The van der Waals surface area contributed by atoms with Crippen molar-refractivity contribution in [2.45, 2.75) is 48.8 Å². The van der Waals surface area contributed by atoms with Crippen LogP contribution in [-0.4, -0.2) is 54.9 Å². The predicted octanol–water partition coefficient (Wildman–Crippen LogP) is 3.38. The average molecular weight is 444 g/mol. The normalized spacial score (nSPS) is 25.0. The highest BCUT2D eigenvalue weighted by Crippen LogP contribution is 2.41. The van der Waals surface area contributed by atoms with Crippen LogP contribution in [0.1, 0.15) is 37.4 Å². The maximum atomic E-state index is 13.5. The molecular weight excluding hydrogens is 421 g/mol. The molecule has 2 aliphatic rings. The van der Waals surface area contributed by atoms with Gasteiger partial charge in [-0.05, 0) is 44.0 Å². The van der Waals surface area contributed by atoms with Crippen LogP contribution < -0.4 is 10.1 Å². The summed E-state index contributed by atoms with van der Waals surface area (Å²) in [5, 5.41) is 7.26. The third-order valence-corrected chi connectivity index (χ3v) is 7.54. The van der Waals surface area contributed by atoms with Crippen LogP contribution in [0.4, 0.5) is 19.0 Å². The van der Waals surface area contributed by atoms with Gasteiger partial charge in [0.1, 0.15) is 11.6 Å². The molecule has 30 heavy (non-hydrogen) atoms. The van der Waals surface area contributed by atoms with Gasteiger partial charge in [0, 0.05) is 31.1 Å². The molecule has 164 valence electrons. The number of hydrogen-bond donors (Lipinski definition) is 1. The molecular formula is C19H23F3N4O3S. The minimum atomic E-state index is -4.40. The quantitative estimate of drug-likeness (QED) is 0.783. The van der Waals surface area contributed by atoms with Crippen molar-refractivity contribution in [1.29, 1.82) is 0 Å². The molecule has 3 atom stereocenters. The Bertz CT molecular complexity index is 1020. The lowest BCUT2D eigenvalue weighted by atomic mass is 10.0. The van der Waals surface area contributed by atoms with Gasteiger partial charge < -0.3 is 10.1 Å². The molecule has 2 aliphatic heterocycles. The number of benzene rings is 1. The largest absolute Gasteiger partial charge is 0.497 e. The third kappa shape index (κ3) is 3.76. The van der Waals surface area contributed by atoms with E-state index in [1.807, 2.05) is 0 Å². The fraction of sp³-hybridized carbons (Fsp3) is 0.526. The Morgan fingerprint density at radius 2 is 1.93 bits per heavy atom. The van der Waals surface area contributed by atoms with Gasteiger partial charge in [-0.15, -0.1) is 0 Å². The van der Waals surface area contributed by atoms with Crippen LogP contribution in [0.2, 0.25) is 0 Å². The van der Waals surface area contributed by atoms with Crippen LogP contribution in [0.5, 0.6) is 5.75 Å². The summed E-state index contributed by atoms with van der Waals surface area (Å²) in [5.41, 5.74) is 0.480. The minimum absolute atomic E-state index is 0.0970. The van der Waals surface area contributed by atoms with Crippen LogP contribution >= 0.6 is 0 Å². The number of fused-ring (bicyclic) bond motifs is 1. The highest BCUT2D eigenvalue weighted by molar-refractivity contribution is 7.89. The summed E-state index contributed by atoms with van der Waals surface area (Å²) >= 11 is 0. The van der Waals surface area contributed by atoms with E-state index in [1.54, 1.807) is 25.1 Å². The summed E-state index contributed by atoms with van der Waals surface area (Å²) < 4.78 is 73.6. The summed E-state index contributed by atoms with van der Waals surface area (Å²) in [5.74, 6) is 0.613. The zero-order chi connectivity index (χ0) is 21.7. The van der Waals surface area contributed by atoms with Crippen LogP contribution in [0, 0.1) is 0 Å². The number of ether oxygens (including phenoxy) is 1. The van der Waals surface area contributed by atoms with Crippen molar-refractivity contribution in [3.63, 3.8) is 0 Å². The number of sulfonamides is 1. The van der Waals surface area contributed by atoms with Gasteiger partial charge >= 0.3 is 6.18 Å². The predicted molar refractivity (Wildman–Crippen MR) is 104 cm³/mol. The minimum Gasteiger partial charge on any atom is -0.497 e. The fourth-order valence-electron chi connectivity index (χ4n) is 4.06. The van der Waals surface area contributed by atoms with E-state index >= 15 is 0 Å². The number of nitrogens with zero attached hydrogens (tertiary/aromatic N) is 3. The van der Waals surface area contributed by atoms with E-state index in [0.717, 1.165) is 4.68 Å². The molecule has 0 radical (unpaired) electrons. The third-order valence-electron chi connectivity index (χ3n) is 5.67. The monoisotopic (exact) mass is 444 g/mol. The van der Waals surface area contributed by atoms with Crippen LogP contribution in [0.15, 0.2) is 35.2 Å². The number of methoxy groups -OCH3 is 1. The second kappa shape index (κ2) is 7.45. The summed E-state index contributed by atoms with van der Waals surface area (Å²) in [6.07, 6.45) is -3.99. The topological polar surface area (TPSA) is 76.5 Å². The number of aromatic nitrogens is 2. The van der Waals surface area contributed by atoms with Gasteiger partial charge in [-0.3, -0.25) is 0 Å². The van der Waals surface area contributed by atoms with Gasteiger partial charge in [-0.1, -0.05) is 0 Å². The van der Waals surface area contributed by atoms with E-state index in [0.29, 0.717) is 23.7 Å². The van der Waals surface area contributed by atoms with Crippen LogP contribution in [0.3, 0.4) is 0 Å². The molecule has 1 N–H and O–H groups in total. The van der Waals surface area contributed by atoms with E-state index in [4.69, 9.17) is 4.74 Å². The molecule has 0 saturated carbocycles. The van der Waals surface area contributed by atoms with Gasteiger partial charge in [0.2, 0.25) is 10.0 Å². The number of anilines is 1. The molecule has 4 rings (SSSR count). The van der Waals surface area contributed by atoms with E-state index < -0.39 is 22.2 Å². The SMILES string of the molecule is COc1ccc(S(=O)(=O)N2CC[C@@H](c3cc4n(n3)[C@@H](C(F)(F)F)C[C@@H](C)N4)C2)cc1. The Balaban J connectivity index is 1.55. The molecule has 0 spiro atoms. The molecule has 7 nitrogen and oxygen atoms in total. The van der Waals surface area contributed by atoms with Crippen molar-refractivity contribution < 1.29 is 26.3 Å². The van der Waals surface area contributed by atoms with Crippen LogP contribution in [-0.2, 0) is 10.0 Å². The fourth-order valence-corrected chi connectivity index (χ4v) is 5.56. The van der Waals surface area contributed by atoms with E-state index in [-0.39, 0.29) is 36.4 Å². The van der Waals surface area contributed by atoms with E-state index in [2.05, 4.69) is 10.4 Å². The second-order valence-corrected chi connectivity index (χ2v) is 9.70. The summed E-state index contributed by atoms with van der Waals surface area (Å²) in [7, 11) is -2.20. The maximum absolute atomic E-state index is 13.5. The number of halogens is 3. The Morgan fingerprint density at radius 3 is 2.57 bits per heavy atom. The standard InChI is InChI=1S/C19H23F3N4O3S/c1-12-9-17(19(20,21)22)26-18(23-12)10-16(24-26)13-7-8-25(11-13)30(27,28)15-5-3-14(29-2)4-6-15/h3-6,10,12-13,17,23H,7-9,11H2,1-2H3/t12-,13-,17-/m1/s1. The molecule has 1 fully saturated rings. The first-order valence-electron chi connectivity index (χ1n) is 9.66. The zero-order valence-corrected chi connectivity index (χ0v) is 17.4. The zero-order valence-electron chi connectivity index (χ0n) is 16.6. The highest BCUT2D eigenvalue weighted by Gasteiger charge is 2.46. The molecule has 0 aliphatic carbocycles. The van der Waals surface area contributed by atoms with Crippen molar-refractivity contribution in [3.8, 4) is 5.75 Å². The number of hydrogen-bond acceptors (Lipinski definition) is 5. The van der Waals surface area contributed by atoms with Crippen molar-refractivity contribution >= 4 is 15.8 Å². The number of rotatable bonds is 4. The van der Waals surface area contributed by atoms with Crippen molar-refractivity contribution in [2.75, 3.05) is 25.5 Å². The Labute approximate surface area is 172 Å². The molecule has 11 heteroatoms. The lowest BCUT2D eigenvalue weighted by Gasteiger charge is -2.31. The first-order valence-corrected chi connectivity index (χ1v) is 11.1. The molecule has 3 heterocycles. The molecule has 2 aromatic rings. The Hall–Kier alpha value is -2.27. The first-order chi connectivity index (χ1) is 14.1. The lowest BCUT2D eigenvalue weighted by molar-refractivity contribution is -0.173. The summed E-state index contributed by atoms with van der Waals surface area (Å²) in [6, 6.07) is 5.72. The van der Waals surface area contributed by atoms with E-state index in [1.165, 1.54) is 23.5 Å². The molecule has 0 bridgehead atoms. The highest BCUT2D eigenvalue weighted by atomic mass is 32.2. The summed E-state index contributed by atoms with van der Waals surface area (Å²) in [4.78, 5) is 0.153. The molecule has 1 aromatic carbocycles. The first kappa shape index (κ1) is 21.0. The van der Waals surface area contributed by atoms with Gasteiger partial charge in [0.15, 0.2) is 6.04 Å². The average Bonchev–Trinajstić information content (AvgIpc) is 3.33. The molecule has 0 amide bonds. The van der Waals surface area contributed by atoms with Crippen molar-refractivity contribution in [3.05, 3.63) is 36.0 Å². The van der Waals surface area contributed by atoms with Crippen LogP contribution in [0.25, 0.3) is 0 Å². The number of nitrogens with one attached hydrogen (secondary N) is 1. The van der Waals surface area contributed by atoms with Crippen molar-refractivity contribution in [1.82, 2.24) is 14.1 Å². The van der Waals surface area contributed by atoms with Crippen molar-refractivity contribution in [2.24, 2.45) is 0 Å². The molecule has 1 saturated heterocycles. The van der Waals surface area contributed by atoms with Gasteiger partial charge in [0.25, 0.3) is 0 Å². The second-order valence-electron chi connectivity index (χ2n) is 7.76. The van der Waals surface area contributed by atoms with Gasteiger partial charge in [-0.2, -0.15) is 22.6 Å². The molecule has 0 unspecified atom stereocenters.